The van der Waals surface area contributed by atoms with E-state index < -0.39 is 18.6 Å². The van der Waals surface area contributed by atoms with Gasteiger partial charge in [-0.05, 0) is 63.1 Å². The molecule has 33 heavy (non-hydrogen) atoms. The van der Waals surface area contributed by atoms with E-state index in [1.54, 1.807) is 0 Å². The van der Waals surface area contributed by atoms with Crippen LogP contribution in [0.4, 0.5) is 0 Å². The van der Waals surface area contributed by atoms with Gasteiger partial charge in [0.25, 0.3) is 0 Å². The largest absolute Gasteiger partial charge is 0.492 e. The molecule has 2 aromatic carbocycles. The third-order valence-corrected chi connectivity index (χ3v) is 9.03. The van der Waals surface area contributed by atoms with Gasteiger partial charge in [-0.25, -0.2) is 0 Å². The third-order valence-electron chi connectivity index (χ3n) is 5.33. The van der Waals surface area contributed by atoms with Crippen LogP contribution in [0.5, 0.6) is 11.5 Å². The van der Waals surface area contributed by atoms with E-state index in [0.29, 0.717) is 38.9 Å². The molecule has 6 nitrogen and oxygen atoms in total. The van der Waals surface area contributed by atoms with Gasteiger partial charge in [0.05, 0.1) is 0 Å². The fourth-order valence-corrected chi connectivity index (χ4v) is 6.18. The maximum absolute atomic E-state index is 5.92. The van der Waals surface area contributed by atoms with Crippen molar-refractivity contribution in [3.63, 3.8) is 0 Å². The minimum absolute atomic E-state index is 0.154. The number of rotatable bonds is 16. The van der Waals surface area contributed by atoms with E-state index in [0.717, 1.165) is 11.5 Å². The van der Waals surface area contributed by atoms with Gasteiger partial charge in [0, 0.05) is 31.8 Å². The predicted molar refractivity (Wildman–Crippen MR) is 137 cm³/mol. The molecule has 0 spiro atoms. The Morgan fingerprint density at radius 3 is 1.12 bits per heavy atom. The Hall–Kier alpha value is -1.69. The van der Waals surface area contributed by atoms with Crippen LogP contribution in [0.1, 0.15) is 52.7 Å². The SMILES string of the molecule is CCO[SiH](COc1ccc(C(C)(C)c2ccc(OC[SiH](OCC)OCC)cc2)cc1)OCC. The first kappa shape index (κ1) is 27.6. The molecule has 0 aromatic heterocycles. The lowest BCUT2D eigenvalue weighted by molar-refractivity contribution is 0.188. The van der Waals surface area contributed by atoms with Gasteiger partial charge >= 0.3 is 18.6 Å². The Bertz CT molecular complexity index is 705. The Kier molecular flexibility index (Phi) is 12.1. The maximum Gasteiger partial charge on any atom is 0.360 e. The molecule has 0 atom stereocenters. The van der Waals surface area contributed by atoms with Crippen molar-refractivity contribution in [2.75, 3.05) is 38.9 Å². The van der Waals surface area contributed by atoms with Crippen LogP contribution >= 0.6 is 0 Å². The van der Waals surface area contributed by atoms with E-state index >= 15 is 0 Å². The highest BCUT2D eigenvalue weighted by atomic mass is 28.3. The molecule has 2 rings (SSSR count). The highest BCUT2D eigenvalue weighted by molar-refractivity contribution is 6.44. The minimum atomic E-state index is -1.77. The maximum atomic E-state index is 5.92. The average Bonchev–Trinajstić information content (AvgIpc) is 2.82. The summed E-state index contributed by atoms with van der Waals surface area (Å²) in [6, 6.07) is 16.6. The van der Waals surface area contributed by atoms with Crippen molar-refractivity contribution in [1.29, 1.82) is 0 Å². The molecule has 0 saturated heterocycles. The highest BCUT2D eigenvalue weighted by Gasteiger charge is 2.23. The summed E-state index contributed by atoms with van der Waals surface area (Å²) in [6.07, 6.45) is 1.00. The molecule has 0 aliphatic heterocycles. The molecule has 8 heteroatoms. The normalized spacial score (nSPS) is 11.9. The number of hydrogen-bond acceptors (Lipinski definition) is 6. The molecule has 0 fully saturated rings. The first-order valence-electron chi connectivity index (χ1n) is 11.9. The summed E-state index contributed by atoms with van der Waals surface area (Å²) in [5.41, 5.74) is 2.28. The van der Waals surface area contributed by atoms with Crippen LogP contribution in [0.25, 0.3) is 0 Å². The monoisotopic (exact) mass is 492 g/mol. The Morgan fingerprint density at radius 2 is 0.848 bits per heavy atom. The number of hydrogen-bond donors (Lipinski definition) is 0. The van der Waals surface area contributed by atoms with Crippen LogP contribution in [-0.4, -0.2) is 57.5 Å². The fraction of sp³-hybridized carbons (Fsp3) is 0.520. The second kappa shape index (κ2) is 14.5. The molecule has 0 aliphatic carbocycles. The zero-order chi connectivity index (χ0) is 24.1. The summed E-state index contributed by atoms with van der Waals surface area (Å²) < 4.78 is 34.5. The van der Waals surface area contributed by atoms with Crippen molar-refractivity contribution in [2.24, 2.45) is 0 Å². The van der Waals surface area contributed by atoms with Crippen molar-refractivity contribution in [3.05, 3.63) is 59.7 Å². The van der Waals surface area contributed by atoms with E-state index in [2.05, 4.69) is 38.1 Å². The van der Waals surface area contributed by atoms with E-state index in [4.69, 9.17) is 27.2 Å². The van der Waals surface area contributed by atoms with Gasteiger partial charge in [0.15, 0.2) is 0 Å². The lowest BCUT2D eigenvalue weighted by Crippen LogP contribution is -2.31. The molecular weight excluding hydrogens is 452 g/mol. The molecule has 184 valence electrons. The zero-order valence-electron chi connectivity index (χ0n) is 21.0. The van der Waals surface area contributed by atoms with Gasteiger partial charge < -0.3 is 27.2 Å². The summed E-state index contributed by atoms with van der Waals surface area (Å²) in [5.74, 6) is 1.66. The Labute approximate surface area is 202 Å². The summed E-state index contributed by atoms with van der Waals surface area (Å²) >= 11 is 0. The van der Waals surface area contributed by atoms with Gasteiger partial charge in [0.1, 0.15) is 24.0 Å². The first-order chi connectivity index (χ1) is 15.9. The molecule has 0 saturated carbocycles. The van der Waals surface area contributed by atoms with Gasteiger partial charge in [-0.15, -0.1) is 0 Å². The van der Waals surface area contributed by atoms with Crippen LogP contribution in [0.15, 0.2) is 48.5 Å². The lowest BCUT2D eigenvalue weighted by Gasteiger charge is -2.26. The number of ether oxygens (including phenoxy) is 2. The van der Waals surface area contributed by atoms with Crippen LogP contribution in [0.3, 0.4) is 0 Å². The predicted octanol–water partition coefficient (Wildman–Crippen LogP) is 4.44. The van der Waals surface area contributed by atoms with E-state index in [9.17, 15) is 0 Å². The molecule has 0 radical (unpaired) electrons. The topological polar surface area (TPSA) is 55.4 Å². The standard InChI is InChI=1S/C25H40O6Si2/c1-7-28-32(29-8-2)19-26-23-15-11-21(12-16-23)25(5,6)22-13-17-24(18-14-22)27-20-33(30-9-3)31-10-4/h11-18,32-33H,7-10,19-20H2,1-6H3. The molecule has 0 unspecified atom stereocenters. The van der Waals surface area contributed by atoms with Gasteiger partial charge in [0.2, 0.25) is 0 Å². The van der Waals surface area contributed by atoms with Crippen LogP contribution < -0.4 is 9.47 Å². The van der Waals surface area contributed by atoms with Crippen molar-refractivity contribution < 1.29 is 27.2 Å². The average molecular weight is 493 g/mol. The van der Waals surface area contributed by atoms with Crippen molar-refractivity contribution in [2.45, 2.75) is 47.0 Å². The molecule has 0 heterocycles. The Balaban J connectivity index is 1.98. The highest BCUT2D eigenvalue weighted by Crippen LogP contribution is 2.33. The lowest BCUT2D eigenvalue weighted by atomic mass is 9.78. The van der Waals surface area contributed by atoms with E-state index in [-0.39, 0.29) is 5.41 Å². The van der Waals surface area contributed by atoms with Gasteiger partial charge in [-0.1, -0.05) is 38.1 Å². The summed E-state index contributed by atoms with van der Waals surface area (Å²) in [4.78, 5) is 0. The Morgan fingerprint density at radius 1 is 0.545 bits per heavy atom. The third kappa shape index (κ3) is 8.88. The van der Waals surface area contributed by atoms with E-state index in [1.165, 1.54) is 11.1 Å². The summed E-state index contributed by atoms with van der Waals surface area (Å²) in [5, 5.41) is 0. The second-order valence-electron chi connectivity index (χ2n) is 7.98. The quantitative estimate of drug-likeness (QED) is 0.323. The van der Waals surface area contributed by atoms with Gasteiger partial charge in [-0.2, -0.15) is 0 Å². The van der Waals surface area contributed by atoms with Crippen LogP contribution in [0, 0.1) is 0 Å². The summed E-state index contributed by atoms with van der Waals surface area (Å²) in [6.45, 7) is 15.0. The van der Waals surface area contributed by atoms with Gasteiger partial charge in [-0.3, -0.25) is 0 Å². The molecule has 2 aromatic rings. The second-order valence-corrected chi connectivity index (χ2v) is 11.7. The van der Waals surface area contributed by atoms with Crippen molar-refractivity contribution in [3.8, 4) is 11.5 Å². The molecule has 0 aliphatic rings. The first-order valence-corrected chi connectivity index (χ1v) is 15.4. The molecule has 0 N–H and O–H groups in total. The van der Waals surface area contributed by atoms with E-state index in [1.807, 2.05) is 52.0 Å². The van der Waals surface area contributed by atoms with Crippen molar-refractivity contribution in [1.82, 2.24) is 0 Å². The smallest absolute Gasteiger partial charge is 0.360 e. The summed E-state index contributed by atoms with van der Waals surface area (Å²) in [7, 11) is -3.54. The fourth-order valence-electron chi connectivity index (χ4n) is 3.46. The molecule has 0 amide bonds. The minimum Gasteiger partial charge on any atom is -0.492 e. The molecule has 0 bridgehead atoms. The van der Waals surface area contributed by atoms with Crippen molar-refractivity contribution >= 4 is 18.6 Å². The van der Waals surface area contributed by atoms with Crippen LogP contribution in [-0.2, 0) is 23.1 Å². The molecular formula is C25H40O6Si2. The van der Waals surface area contributed by atoms with Crippen LogP contribution in [0.2, 0.25) is 0 Å². The number of benzene rings is 2. The zero-order valence-corrected chi connectivity index (χ0v) is 23.3.